The molecule has 1 rings (SSSR count). The molecule has 0 atom stereocenters. The molecule has 0 bridgehead atoms. The lowest BCUT2D eigenvalue weighted by molar-refractivity contribution is 0.0999. The van der Waals surface area contributed by atoms with Crippen molar-refractivity contribution in [2.75, 3.05) is 26.8 Å². The third kappa shape index (κ3) is 2.25. The van der Waals surface area contributed by atoms with Gasteiger partial charge in [-0.05, 0) is 18.8 Å². The van der Waals surface area contributed by atoms with Crippen molar-refractivity contribution in [1.29, 1.82) is 0 Å². The summed E-state index contributed by atoms with van der Waals surface area (Å²) in [4.78, 5) is 0. The average molecular weight is 144 g/mol. The van der Waals surface area contributed by atoms with Gasteiger partial charge >= 0.3 is 0 Å². The van der Waals surface area contributed by atoms with Crippen molar-refractivity contribution >= 4 is 0 Å². The summed E-state index contributed by atoms with van der Waals surface area (Å²) in [5.41, 5.74) is 0. The van der Waals surface area contributed by atoms with E-state index in [-0.39, 0.29) is 0 Å². The largest absolute Gasteiger partial charge is 0.384 e. The van der Waals surface area contributed by atoms with E-state index in [2.05, 4.69) is 0 Å². The molecule has 60 valence electrons. The number of piperidine rings is 1. The number of hydrogen-bond acceptors (Lipinski definition) is 3. The molecule has 1 heterocycles. The molecule has 1 saturated heterocycles. The van der Waals surface area contributed by atoms with Crippen molar-refractivity contribution < 1.29 is 4.74 Å². The summed E-state index contributed by atoms with van der Waals surface area (Å²) in [5.74, 6) is 6.33. The molecule has 0 aromatic heterocycles. The van der Waals surface area contributed by atoms with Crippen LogP contribution in [0.25, 0.3) is 0 Å². The minimum atomic E-state index is 0.741. The summed E-state index contributed by atoms with van der Waals surface area (Å²) >= 11 is 0. The van der Waals surface area contributed by atoms with Gasteiger partial charge in [-0.2, -0.15) is 0 Å². The van der Waals surface area contributed by atoms with Gasteiger partial charge in [0.1, 0.15) is 0 Å². The summed E-state index contributed by atoms with van der Waals surface area (Å²) in [6, 6.07) is 0. The second kappa shape index (κ2) is 3.91. The molecule has 10 heavy (non-hydrogen) atoms. The number of methoxy groups -OCH3 is 1. The molecule has 0 aliphatic carbocycles. The Balaban J connectivity index is 2.13. The summed E-state index contributed by atoms with van der Waals surface area (Å²) in [7, 11) is 1.76. The monoisotopic (exact) mass is 144 g/mol. The fourth-order valence-electron chi connectivity index (χ4n) is 1.36. The first kappa shape index (κ1) is 7.98. The number of nitrogens with two attached hydrogens (primary N) is 1. The third-order valence-electron chi connectivity index (χ3n) is 2.05. The van der Waals surface area contributed by atoms with Crippen LogP contribution in [-0.2, 0) is 4.74 Å². The highest BCUT2D eigenvalue weighted by molar-refractivity contribution is 4.67. The Kier molecular flexibility index (Phi) is 3.12. The lowest BCUT2D eigenvalue weighted by Crippen LogP contribution is -2.39. The van der Waals surface area contributed by atoms with Crippen molar-refractivity contribution in [1.82, 2.24) is 5.01 Å². The van der Waals surface area contributed by atoms with Crippen LogP contribution in [0.1, 0.15) is 12.8 Å². The van der Waals surface area contributed by atoms with Crippen molar-refractivity contribution in [3.8, 4) is 0 Å². The second-order valence-electron chi connectivity index (χ2n) is 2.93. The molecule has 3 heteroatoms. The summed E-state index contributed by atoms with van der Waals surface area (Å²) in [6.07, 6.45) is 2.37. The molecule has 0 aromatic carbocycles. The number of ether oxygens (including phenoxy) is 1. The molecule has 1 aliphatic heterocycles. The Morgan fingerprint density at radius 3 is 2.60 bits per heavy atom. The van der Waals surface area contributed by atoms with Crippen molar-refractivity contribution in [2.24, 2.45) is 11.8 Å². The van der Waals surface area contributed by atoms with Crippen LogP contribution in [0.15, 0.2) is 0 Å². The molecular formula is C7H16N2O. The Labute approximate surface area is 62.1 Å². The highest BCUT2D eigenvalue weighted by Gasteiger charge is 2.15. The Morgan fingerprint density at radius 2 is 2.10 bits per heavy atom. The summed E-state index contributed by atoms with van der Waals surface area (Å²) < 4.78 is 5.06. The lowest BCUT2D eigenvalue weighted by atomic mass is 9.99. The lowest BCUT2D eigenvalue weighted by Gasteiger charge is -2.27. The van der Waals surface area contributed by atoms with Gasteiger partial charge in [0.25, 0.3) is 0 Å². The zero-order valence-electron chi connectivity index (χ0n) is 6.55. The SMILES string of the molecule is COCC1CCN(N)CC1. The molecule has 0 saturated carbocycles. The van der Waals surface area contributed by atoms with E-state index < -0.39 is 0 Å². The van der Waals surface area contributed by atoms with Crippen LogP contribution in [0.2, 0.25) is 0 Å². The molecule has 1 aliphatic rings. The Hall–Kier alpha value is -0.120. The first-order valence-corrected chi connectivity index (χ1v) is 3.81. The summed E-state index contributed by atoms with van der Waals surface area (Å²) in [5, 5.41) is 1.88. The minimum Gasteiger partial charge on any atom is -0.384 e. The van der Waals surface area contributed by atoms with Crippen molar-refractivity contribution in [3.05, 3.63) is 0 Å². The van der Waals surface area contributed by atoms with Gasteiger partial charge in [0, 0.05) is 26.8 Å². The van der Waals surface area contributed by atoms with Crippen LogP contribution in [-0.4, -0.2) is 31.8 Å². The van der Waals surface area contributed by atoms with E-state index in [9.17, 15) is 0 Å². The van der Waals surface area contributed by atoms with E-state index >= 15 is 0 Å². The predicted molar refractivity (Wildman–Crippen MR) is 40.4 cm³/mol. The van der Waals surface area contributed by atoms with Crippen LogP contribution < -0.4 is 5.84 Å². The smallest absolute Gasteiger partial charge is 0.0491 e. The van der Waals surface area contributed by atoms with E-state index in [1.807, 2.05) is 5.01 Å². The van der Waals surface area contributed by atoms with Crippen LogP contribution >= 0.6 is 0 Å². The van der Waals surface area contributed by atoms with Gasteiger partial charge < -0.3 is 4.74 Å². The zero-order chi connectivity index (χ0) is 7.40. The second-order valence-corrected chi connectivity index (χ2v) is 2.93. The molecule has 0 radical (unpaired) electrons. The molecule has 0 amide bonds. The quantitative estimate of drug-likeness (QED) is 0.563. The molecular weight excluding hydrogens is 128 g/mol. The maximum Gasteiger partial charge on any atom is 0.0491 e. The average Bonchev–Trinajstić information content (AvgIpc) is 1.95. The highest BCUT2D eigenvalue weighted by atomic mass is 16.5. The van der Waals surface area contributed by atoms with Gasteiger partial charge in [-0.25, -0.2) is 5.01 Å². The van der Waals surface area contributed by atoms with Gasteiger partial charge in [-0.1, -0.05) is 0 Å². The number of hydrazine groups is 1. The van der Waals surface area contributed by atoms with Gasteiger partial charge in [-0.3, -0.25) is 5.84 Å². The van der Waals surface area contributed by atoms with Gasteiger partial charge in [0.15, 0.2) is 0 Å². The van der Waals surface area contributed by atoms with Crippen LogP contribution in [0.5, 0.6) is 0 Å². The molecule has 0 aromatic rings. The topological polar surface area (TPSA) is 38.5 Å². The van der Waals surface area contributed by atoms with Crippen LogP contribution in [0, 0.1) is 5.92 Å². The number of hydrogen-bond donors (Lipinski definition) is 1. The fraction of sp³-hybridized carbons (Fsp3) is 1.00. The van der Waals surface area contributed by atoms with Crippen LogP contribution in [0.3, 0.4) is 0 Å². The molecule has 1 fully saturated rings. The Morgan fingerprint density at radius 1 is 1.50 bits per heavy atom. The number of rotatable bonds is 2. The third-order valence-corrected chi connectivity index (χ3v) is 2.05. The van der Waals surface area contributed by atoms with Gasteiger partial charge in [0.05, 0.1) is 0 Å². The maximum absolute atomic E-state index is 5.59. The molecule has 0 unspecified atom stereocenters. The summed E-state index contributed by atoms with van der Waals surface area (Å²) in [6.45, 7) is 2.94. The predicted octanol–water partition coefficient (Wildman–Crippen LogP) is 0.219. The highest BCUT2D eigenvalue weighted by Crippen LogP contribution is 2.14. The number of nitrogens with zero attached hydrogens (tertiary/aromatic N) is 1. The first-order chi connectivity index (χ1) is 4.83. The fourth-order valence-corrected chi connectivity index (χ4v) is 1.36. The van der Waals surface area contributed by atoms with E-state index in [4.69, 9.17) is 10.6 Å². The van der Waals surface area contributed by atoms with Gasteiger partial charge in [0.2, 0.25) is 0 Å². The Bertz CT molecular complexity index is 89.6. The maximum atomic E-state index is 5.59. The van der Waals surface area contributed by atoms with Crippen LogP contribution in [0.4, 0.5) is 0 Å². The standard InChI is InChI=1S/C7H16N2O/c1-10-6-7-2-4-9(8)5-3-7/h7H,2-6,8H2,1H3. The van der Waals surface area contributed by atoms with E-state index in [0.29, 0.717) is 0 Å². The first-order valence-electron chi connectivity index (χ1n) is 3.81. The minimum absolute atomic E-state index is 0.741. The molecule has 0 spiro atoms. The van der Waals surface area contributed by atoms with E-state index in [0.717, 1.165) is 25.6 Å². The van der Waals surface area contributed by atoms with Crippen molar-refractivity contribution in [2.45, 2.75) is 12.8 Å². The van der Waals surface area contributed by atoms with Gasteiger partial charge in [-0.15, -0.1) is 0 Å². The van der Waals surface area contributed by atoms with E-state index in [1.54, 1.807) is 7.11 Å². The zero-order valence-corrected chi connectivity index (χ0v) is 6.55. The van der Waals surface area contributed by atoms with Crippen molar-refractivity contribution in [3.63, 3.8) is 0 Å². The molecule has 2 N–H and O–H groups in total. The molecule has 3 nitrogen and oxygen atoms in total. The van der Waals surface area contributed by atoms with E-state index in [1.165, 1.54) is 12.8 Å². The normalized spacial score (nSPS) is 23.4.